The molecule has 1 amide bonds. The van der Waals surface area contributed by atoms with Gasteiger partial charge in [-0.25, -0.2) is 4.98 Å². The molecule has 0 fully saturated rings. The van der Waals surface area contributed by atoms with Crippen LogP contribution in [0.25, 0.3) is 0 Å². The average Bonchev–Trinajstić information content (AvgIpc) is 2.67. The monoisotopic (exact) mass is 393 g/mol. The van der Waals surface area contributed by atoms with Crippen molar-refractivity contribution >= 4 is 11.7 Å². The molecule has 0 spiro atoms. The summed E-state index contributed by atoms with van der Waals surface area (Å²) in [5.74, 6) is 0.839. The lowest BCUT2D eigenvalue weighted by atomic mass is 10.0. The van der Waals surface area contributed by atoms with Gasteiger partial charge in [0, 0.05) is 6.54 Å². The minimum absolute atomic E-state index is 0.133. The van der Waals surface area contributed by atoms with E-state index >= 15 is 0 Å². The van der Waals surface area contributed by atoms with E-state index in [1.807, 2.05) is 36.4 Å². The summed E-state index contributed by atoms with van der Waals surface area (Å²) < 4.78 is 18.9. The van der Waals surface area contributed by atoms with Crippen LogP contribution in [-0.4, -0.2) is 10.9 Å². The quantitative estimate of drug-likeness (QED) is 0.569. The summed E-state index contributed by atoms with van der Waals surface area (Å²) in [7, 11) is 0. The van der Waals surface area contributed by atoms with E-state index in [0.29, 0.717) is 18.2 Å². The Kier molecular flexibility index (Phi) is 6.44. The van der Waals surface area contributed by atoms with Gasteiger partial charge in [-0.1, -0.05) is 38.1 Å². The fraction of sp³-hybridized carbons (Fsp3) is 0.217. The predicted molar refractivity (Wildman–Crippen MR) is 111 cm³/mol. The van der Waals surface area contributed by atoms with E-state index in [4.69, 9.17) is 10.5 Å². The van der Waals surface area contributed by atoms with Crippen molar-refractivity contribution in [3.63, 3.8) is 0 Å². The molecule has 0 aliphatic rings. The van der Waals surface area contributed by atoms with Gasteiger partial charge in [-0.05, 0) is 59.9 Å². The van der Waals surface area contributed by atoms with Gasteiger partial charge in [0.2, 0.25) is 5.95 Å². The molecule has 0 radical (unpaired) electrons. The summed E-state index contributed by atoms with van der Waals surface area (Å²) in [5, 5.41) is 2.75. The van der Waals surface area contributed by atoms with Gasteiger partial charge in [0.1, 0.15) is 17.3 Å². The molecular weight excluding hydrogens is 369 g/mol. The number of carbonyl (C=O) groups excluding carboxylic acids is 1. The first kappa shape index (κ1) is 20.3. The Morgan fingerprint density at radius 2 is 1.83 bits per heavy atom. The number of benzene rings is 2. The number of ether oxygens (including phenoxy) is 1. The lowest BCUT2D eigenvalue weighted by Gasteiger charge is -2.10. The van der Waals surface area contributed by atoms with Crippen molar-refractivity contribution in [3.05, 3.63) is 83.3 Å². The van der Waals surface area contributed by atoms with Crippen molar-refractivity contribution in [3.8, 4) is 11.5 Å². The van der Waals surface area contributed by atoms with E-state index < -0.39 is 11.9 Å². The number of anilines is 1. The smallest absolute Gasteiger partial charge is 0.255 e. The average molecular weight is 393 g/mol. The van der Waals surface area contributed by atoms with E-state index in [9.17, 15) is 9.18 Å². The van der Waals surface area contributed by atoms with Crippen molar-refractivity contribution in [1.29, 1.82) is 0 Å². The van der Waals surface area contributed by atoms with Crippen molar-refractivity contribution in [1.82, 2.24) is 10.3 Å². The van der Waals surface area contributed by atoms with E-state index in [0.717, 1.165) is 23.8 Å². The highest BCUT2D eigenvalue weighted by Gasteiger charge is 2.11. The Bertz CT molecular complexity index is 988. The summed E-state index contributed by atoms with van der Waals surface area (Å²) in [4.78, 5) is 15.6. The van der Waals surface area contributed by atoms with Crippen molar-refractivity contribution in [2.45, 2.75) is 26.8 Å². The van der Waals surface area contributed by atoms with E-state index in [1.54, 1.807) is 0 Å². The maximum absolute atomic E-state index is 13.0. The second-order valence-electron chi connectivity index (χ2n) is 7.24. The van der Waals surface area contributed by atoms with Gasteiger partial charge in [-0.2, -0.15) is 4.39 Å². The molecule has 0 aliphatic carbocycles. The Labute approximate surface area is 169 Å². The Morgan fingerprint density at radius 1 is 1.07 bits per heavy atom. The molecule has 0 atom stereocenters. The van der Waals surface area contributed by atoms with Gasteiger partial charge in [0.15, 0.2) is 0 Å². The Balaban J connectivity index is 1.58. The van der Waals surface area contributed by atoms with Gasteiger partial charge in [0.05, 0.1) is 5.56 Å². The molecule has 0 saturated carbocycles. The zero-order chi connectivity index (χ0) is 20.8. The van der Waals surface area contributed by atoms with Crippen LogP contribution in [0.3, 0.4) is 0 Å². The third-order valence-electron chi connectivity index (χ3n) is 4.29. The van der Waals surface area contributed by atoms with Gasteiger partial charge >= 0.3 is 0 Å². The number of carbonyl (C=O) groups is 1. The molecular formula is C23H24FN3O2. The minimum Gasteiger partial charge on any atom is -0.457 e. The molecule has 3 rings (SSSR count). The molecule has 29 heavy (non-hydrogen) atoms. The molecule has 0 bridgehead atoms. The Hall–Kier alpha value is -3.41. The highest BCUT2D eigenvalue weighted by atomic mass is 19.1. The summed E-state index contributed by atoms with van der Waals surface area (Å²) in [6.45, 7) is 4.68. The molecule has 0 aliphatic heterocycles. The summed E-state index contributed by atoms with van der Waals surface area (Å²) in [5.41, 5.74) is 7.88. The number of aromatic nitrogens is 1. The van der Waals surface area contributed by atoms with Crippen LogP contribution in [0.2, 0.25) is 0 Å². The van der Waals surface area contributed by atoms with Crippen LogP contribution in [0, 0.1) is 11.9 Å². The summed E-state index contributed by atoms with van der Waals surface area (Å²) >= 11 is 0. The lowest BCUT2D eigenvalue weighted by Crippen LogP contribution is -2.24. The van der Waals surface area contributed by atoms with Crippen LogP contribution in [0.4, 0.5) is 10.2 Å². The number of nitrogen functional groups attached to an aromatic ring is 1. The molecule has 6 heteroatoms. The predicted octanol–water partition coefficient (Wildman–Crippen LogP) is 4.72. The standard InChI is InChI=1S/C23H24FN3O2/c1-15(2)12-17-4-3-5-19(13-17)29-18-8-6-16(7-9-18)14-26-23(28)20-10-11-21(24)27-22(20)25/h3-11,13,15H,12,14H2,1-2H3,(H2,25,27)(H,26,28). The number of nitrogens with two attached hydrogens (primary N) is 1. The second kappa shape index (κ2) is 9.19. The fourth-order valence-electron chi connectivity index (χ4n) is 2.94. The van der Waals surface area contributed by atoms with E-state index in [-0.39, 0.29) is 11.4 Å². The summed E-state index contributed by atoms with van der Waals surface area (Å²) in [6, 6.07) is 17.9. The second-order valence-corrected chi connectivity index (χ2v) is 7.24. The zero-order valence-electron chi connectivity index (χ0n) is 16.5. The number of rotatable bonds is 7. The maximum atomic E-state index is 13.0. The molecule has 3 N–H and O–H groups in total. The topological polar surface area (TPSA) is 77.2 Å². The molecule has 3 aromatic rings. The number of nitrogens with one attached hydrogen (secondary N) is 1. The van der Waals surface area contributed by atoms with E-state index in [2.05, 4.69) is 36.3 Å². The van der Waals surface area contributed by atoms with Crippen LogP contribution >= 0.6 is 0 Å². The zero-order valence-corrected chi connectivity index (χ0v) is 16.5. The first-order valence-corrected chi connectivity index (χ1v) is 9.46. The highest BCUT2D eigenvalue weighted by molar-refractivity contribution is 5.98. The molecule has 2 aromatic carbocycles. The molecule has 5 nitrogen and oxygen atoms in total. The molecule has 1 aromatic heterocycles. The number of nitrogens with zero attached hydrogens (tertiary/aromatic N) is 1. The number of pyridine rings is 1. The van der Waals surface area contributed by atoms with Gasteiger partial charge < -0.3 is 15.8 Å². The molecule has 0 unspecified atom stereocenters. The first-order chi connectivity index (χ1) is 13.9. The number of hydrogen-bond acceptors (Lipinski definition) is 4. The largest absolute Gasteiger partial charge is 0.457 e. The molecule has 0 saturated heterocycles. The maximum Gasteiger partial charge on any atom is 0.255 e. The van der Waals surface area contributed by atoms with Crippen LogP contribution in [0.15, 0.2) is 60.7 Å². The SMILES string of the molecule is CC(C)Cc1cccc(Oc2ccc(CNC(=O)c3ccc(F)nc3N)cc2)c1. The number of halogens is 1. The van der Waals surface area contributed by atoms with Gasteiger partial charge in [0.25, 0.3) is 5.91 Å². The van der Waals surface area contributed by atoms with Crippen LogP contribution in [0.5, 0.6) is 11.5 Å². The Morgan fingerprint density at radius 3 is 2.52 bits per heavy atom. The third kappa shape index (κ3) is 5.78. The molecule has 1 heterocycles. The van der Waals surface area contributed by atoms with Crippen molar-refractivity contribution < 1.29 is 13.9 Å². The number of hydrogen-bond donors (Lipinski definition) is 2. The third-order valence-corrected chi connectivity index (χ3v) is 4.29. The fourth-order valence-corrected chi connectivity index (χ4v) is 2.94. The number of amides is 1. The minimum atomic E-state index is -0.718. The first-order valence-electron chi connectivity index (χ1n) is 9.46. The van der Waals surface area contributed by atoms with E-state index in [1.165, 1.54) is 11.6 Å². The van der Waals surface area contributed by atoms with Crippen LogP contribution < -0.4 is 15.8 Å². The van der Waals surface area contributed by atoms with Crippen LogP contribution in [0.1, 0.15) is 35.3 Å². The van der Waals surface area contributed by atoms with Crippen molar-refractivity contribution in [2.24, 2.45) is 5.92 Å². The van der Waals surface area contributed by atoms with Gasteiger partial charge in [-0.15, -0.1) is 0 Å². The van der Waals surface area contributed by atoms with Crippen molar-refractivity contribution in [2.75, 3.05) is 5.73 Å². The highest BCUT2D eigenvalue weighted by Crippen LogP contribution is 2.23. The lowest BCUT2D eigenvalue weighted by molar-refractivity contribution is 0.0951. The van der Waals surface area contributed by atoms with Crippen LogP contribution in [-0.2, 0) is 13.0 Å². The molecule has 150 valence electrons. The van der Waals surface area contributed by atoms with Gasteiger partial charge in [-0.3, -0.25) is 4.79 Å². The summed E-state index contributed by atoms with van der Waals surface area (Å²) in [6.07, 6.45) is 1.00. The normalized spacial score (nSPS) is 10.8.